The van der Waals surface area contributed by atoms with Crippen LogP contribution in [0.25, 0.3) is 0 Å². The van der Waals surface area contributed by atoms with Gasteiger partial charge in [-0.1, -0.05) is 0 Å². The second-order valence-corrected chi connectivity index (χ2v) is 4.79. The average molecular weight is 256 g/mol. The first-order valence-electron chi connectivity index (χ1n) is 6.10. The fourth-order valence-corrected chi connectivity index (χ4v) is 2.14. The van der Waals surface area contributed by atoms with Crippen molar-refractivity contribution in [2.45, 2.75) is 6.10 Å². The van der Waals surface area contributed by atoms with E-state index in [0.717, 1.165) is 44.4 Å². The molecule has 0 aromatic heterocycles. The van der Waals surface area contributed by atoms with Crippen molar-refractivity contribution in [3.05, 3.63) is 35.4 Å². The third kappa shape index (κ3) is 3.25. The molecule has 0 amide bonds. The minimum atomic E-state index is -0.982. The van der Waals surface area contributed by atoms with Gasteiger partial charge in [0.25, 0.3) is 0 Å². The maximum absolute atomic E-state index is 13.5. The Morgan fingerprint density at radius 1 is 1.22 bits per heavy atom. The highest BCUT2D eigenvalue weighted by atomic mass is 19.1. The zero-order chi connectivity index (χ0) is 13.1. The van der Waals surface area contributed by atoms with E-state index in [9.17, 15) is 13.9 Å². The zero-order valence-electron chi connectivity index (χ0n) is 10.4. The molecule has 0 saturated carbocycles. The molecule has 1 unspecified atom stereocenters. The number of aliphatic hydroxyl groups is 1. The SMILES string of the molecule is CN1CCN(CC(O)c2cc(F)ccc2F)CC1. The number of hydrogen-bond acceptors (Lipinski definition) is 3. The maximum Gasteiger partial charge on any atom is 0.129 e. The summed E-state index contributed by atoms with van der Waals surface area (Å²) >= 11 is 0. The Balaban J connectivity index is 1.98. The summed E-state index contributed by atoms with van der Waals surface area (Å²) in [5.41, 5.74) is 0.0360. The average Bonchev–Trinajstić information content (AvgIpc) is 2.35. The van der Waals surface area contributed by atoms with Gasteiger partial charge in [-0.3, -0.25) is 4.90 Å². The highest BCUT2D eigenvalue weighted by Gasteiger charge is 2.20. The van der Waals surface area contributed by atoms with Crippen LogP contribution in [-0.2, 0) is 0 Å². The van der Waals surface area contributed by atoms with Gasteiger partial charge in [0, 0.05) is 38.3 Å². The molecular weight excluding hydrogens is 238 g/mol. The summed E-state index contributed by atoms with van der Waals surface area (Å²) in [6.07, 6.45) is -0.982. The van der Waals surface area contributed by atoms with Crippen molar-refractivity contribution in [1.29, 1.82) is 0 Å². The van der Waals surface area contributed by atoms with E-state index in [1.54, 1.807) is 0 Å². The predicted octanol–water partition coefficient (Wildman–Crippen LogP) is 1.25. The minimum Gasteiger partial charge on any atom is -0.387 e. The van der Waals surface area contributed by atoms with E-state index in [1.165, 1.54) is 0 Å². The molecule has 0 aliphatic carbocycles. The molecule has 100 valence electrons. The van der Waals surface area contributed by atoms with Crippen molar-refractivity contribution in [2.24, 2.45) is 0 Å². The molecule has 1 atom stereocenters. The summed E-state index contributed by atoms with van der Waals surface area (Å²) < 4.78 is 26.5. The fraction of sp³-hybridized carbons (Fsp3) is 0.538. The summed E-state index contributed by atoms with van der Waals surface area (Å²) in [6, 6.07) is 3.18. The second-order valence-electron chi connectivity index (χ2n) is 4.79. The first-order valence-corrected chi connectivity index (χ1v) is 6.10. The van der Waals surface area contributed by atoms with Crippen LogP contribution < -0.4 is 0 Å². The molecule has 3 nitrogen and oxygen atoms in total. The number of β-amino-alcohol motifs (C(OH)–C–C–N with tert-alkyl or cyclic N) is 1. The van der Waals surface area contributed by atoms with Crippen LogP contribution in [0.1, 0.15) is 11.7 Å². The van der Waals surface area contributed by atoms with Crippen LogP contribution >= 0.6 is 0 Å². The molecule has 18 heavy (non-hydrogen) atoms. The Hall–Kier alpha value is -1.04. The van der Waals surface area contributed by atoms with Gasteiger partial charge >= 0.3 is 0 Å². The Morgan fingerprint density at radius 2 is 1.89 bits per heavy atom. The summed E-state index contributed by atoms with van der Waals surface area (Å²) in [5.74, 6) is -1.08. The number of piperazine rings is 1. The summed E-state index contributed by atoms with van der Waals surface area (Å²) in [7, 11) is 2.04. The molecule has 0 radical (unpaired) electrons. The smallest absolute Gasteiger partial charge is 0.129 e. The van der Waals surface area contributed by atoms with Crippen molar-refractivity contribution in [3.8, 4) is 0 Å². The third-order valence-electron chi connectivity index (χ3n) is 3.34. The quantitative estimate of drug-likeness (QED) is 0.881. The molecule has 1 aromatic carbocycles. The molecule has 0 spiro atoms. The van der Waals surface area contributed by atoms with Gasteiger partial charge in [-0.2, -0.15) is 0 Å². The van der Waals surface area contributed by atoms with Gasteiger partial charge in [0.1, 0.15) is 11.6 Å². The van der Waals surface area contributed by atoms with Crippen LogP contribution in [0.4, 0.5) is 8.78 Å². The second kappa shape index (κ2) is 5.73. The lowest BCUT2D eigenvalue weighted by Gasteiger charge is -2.33. The van der Waals surface area contributed by atoms with Gasteiger partial charge in [-0.05, 0) is 25.2 Å². The van der Waals surface area contributed by atoms with E-state index >= 15 is 0 Å². The van der Waals surface area contributed by atoms with Crippen molar-refractivity contribution >= 4 is 0 Å². The predicted molar refractivity (Wildman–Crippen MR) is 65.3 cm³/mol. The van der Waals surface area contributed by atoms with Crippen molar-refractivity contribution < 1.29 is 13.9 Å². The van der Waals surface area contributed by atoms with Gasteiger partial charge in [0.05, 0.1) is 6.10 Å². The molecule has 1 heterocycles. The minimum absolute atomic E-state index is 0.0360. The summed E-state index contributed by atoms with van der Waals surface area (Å²) in [5, 5.41) is 9.98. The fourth-order valence-electron chi connectivity index (χ4n) is 2.14. The largest absolute Gasteiger partial charge is 0.387 e. The number of nitrogens with zero attached hydrogens (tertiary/aromatic N) is 2. The number of aliphatic hydroxyl groups excluding tert-OH is 1. The number of hydrogen-bond donors (Lipinski definition) is 1. The van der Waals surface area contributed by atoms with E-state index in [-0.39, 0.29) is 5.56 Å². The van der Waals surface area contributed by atoms with Gasteiger partial charge in [-0.15, -0.1) is 0 Å². The summed E-state index contributed by atoms with van der Waals surface area (Å²) in [6.45, 7) is 3.87. The van der Waals surface area contributed by atoms with Crippen LogP contribution in [0.3, 0.4) is 0 Å². The zero-order valence-corrected chi connectivity index (χ0v) is 10.4. The first kappa shape index (κ1) is 13.4. The Kier molecular flexibility index (Phi) is 4.27. The van der Waals surface area contributed by atoms with Crippen LogP contribution in [-0.4, -0.2) is 54.7 Å². The first-order chi connectivity index (χ1) is 8.56. The van der Waals surface area contributed by atoms with Gasteiger partial charge in [0.2, 0.25) is 0 Å². The number of likely N-dealkylation sites (N-methyl/N-ethyl adjacent to an activating group) is 1. The van der Waals surface area contributed by atoms with Gasteiger partial charge in [0.15, 0.2) is 0 Å². The van der Waals surface area contributed by atoms with E-state index in [0.29, 0.717) is 6.54 Å². The van der Waals surface area contributed by atoms with Crippen molar-refractivity contribution in [3.63, 3.8) is 0 Å². The number of rotatable bonds is 3. The van der Waals surface area contributed by atoms with E-state index < -0.39 is 17.7 Å². The molecule has 1 aliphatic heterocycles. The van der Waals surface area contributed by atoms with Crippen LogP contribution in [0.2, 0.25) is 0 Å². The Morgan fingerprint density at radius 3 is 2.56 bits per heavy atom. The normalized spacial score (nSPS) is 20.0. The van der Waals surface area contributed by atoms with Gasteiger partial charge < -0.3 is 10.0 Å². The van der Waals surface area contributed by atoms with Crippen molar-refractivity contribution in [1.82, 2.24) is 9.80 Å². The topological polar surface area (TPSA) is 26.7 Å². The summed E-state index contributed by atoms with van der Waals surface area (Å²) in [4.78, 5) is 4.26. The lowest BCUT2D eigenvalue weighted by molar-refractivity contribution is 0.0784. The lowest BCUT2D eigenvalue weighted by Crippen LogP contribution is -2.45. The molecule has 5 heteroatoms. The Labute approximate surface area is 106 Å². The highest BCUT2D eigenvalue weighted by Crippen LogP contribution is 2.19. The van der Waals surface area contributed by atoms with Crippen LogP contribution in [0.15, 0.2) is 18.2 Å². The Bertz CT molecular complexity index is 406. The molecule has 1 fully saturated rings. The van der Waals surface area contributed by atoms with Crippen LogP contribution in [0, 0.1) is 11.6 Å². The van der Waals surface area contributed by atoms with Crippen LogP contribution in [0.5, 0.6) is 0 Å². The van der Waals surface area contributed by atoms with E-state index in [4.69, 9.17) is 0 Å². The maximum atomic E-state index is 13.5. The van der Waals surface area contributed by atoms with Gasteiger partial charge in [-0.25, -0.2) is 8.78 Å². The number of benzene rings is 1. The molecule has 1 aliphatic rings. The molecule has 2 rings (SSSR count). The van der Waals surface area contributed by atoms with Crippen molar-refractivity contribution in [2.75, 3.05) is 39.8 Å². The lowest BCUT2D eigenvalue weighted by atomic mass is 10.1. The molecular formula is C13H18F2N2O. The number of halogens is 2. The molecule has 0 bridgehead atoms. The monoisotopic (exact) mass is 256 g/mol. The third-order valence-corrected chi connectivity index (χ3v) is 3.34. The standard InChI is InChI=1S/C13H18F2N2O/c1-16-4-6-17(7-5-16)9-13(18)11-8-10(14)2-3-12(11)15/h2-3,8,13,18H,4-7,9H2,1H3. The molecule has 1 saturated heterocycles. The van der Waals surface area contributed by atoms with E-state index in [1.807, 2.05) is 7.05 Å². The molecule has 1 N–H and O–H groups in total. The molecule has 1 aromatic rings. The van der Waals surface area contributed by atoms with E-state index in [2.05, 4.69) is 9.80 Å². The highest BCUT2D eigenvalue weighted by molar-refractivity contribution is 5.21.